The first-order valence-electron chi connectivity index (χ1n) is 4.61. The Morgan fingerprint density at radius 3 is 2.71 bits per heavy atom. The van der Waals surface area contributed by atoms with Gasteiger partial charge in [-0.25, -0.2) is 12.7 Å². The number of hydrogen-bond donors (Lipinski definition) is 0. The normalized spacial score (nSPS) is 21.8. The highest BCUT2D eigenvalue weighted by Crippen LogP contribution is 2.13. The predicted molar refractivity (Wildman–Crippen MR) is 51.2 cm³/mol. The van der Waals surface area contributed by atoms with Crippen LogP contribution in [-0.4, -0.2) is 44.6 Å². The van der Waals surface area contributed by atoms with Crippen LogP contribution in [-0.2, 0) is 19.6 Å². The zero-order valence-electron chi connectivity index (χ0n) is 8.23. The van der Waals surface area contributed by atoms with Crippen molar-refractivity contribution in [3.05, 3.63) is 0 Å². The van der Waals surface area contributed by atoms with Gasteiger partial charge in [0.1, 0.15) is 0 Å². The van der Waals surface area contributed by atoms with Gasteiger partial charge in [-0.05, 0) is 12.8 Å². The van der Waals surface area contributed by atoms with Gasteiger partial charge < -0.3 is 4.74 Å². The third kappa shape index (κ3) is 2.95. The minimum absolute atomic E-state index is 0.135. The molecule has 1 saturated heterocycles. The largest absolute Gasteiger partial charge is 0.469 e. The summed E-state index contributed by atoms with van der Waals surface area (Å²) >= 11 is 0. The SMILES string of the molecule is COC(=O)CCN1CCCCS1(=O)=O. The minimum Gasteiger partial charge on any atom is -0.469 e. The summed E-state index contributed by atoms with van der Waals surface area (Å²) in [6.45, 7) is 0.772. The number of nitrogens with zero attached hydrogens (tertiary/aromatic N) is 1. The first kappa shape index (κ1) is 11.5. The Balaban J connectivity index is 2.46. The highest BCUT2D eigenvalue weighted by atomic mass is 32.2. The van der Waals surface area contributed by atoms with Crippen molar-refractivity contribution in [1.82, 2.24) is 4.31 Å². The molecule has 0 spiro atoms. The van der Waals surface area contributed by atoms with Crippen molar-refractivity contribution in [1.29, 1.82) is 0 Å². The molecule has 0 bridgehead atoms. The van der Waals surface area contributed by atoms with Crippen LogP contribution in [0.1, 0.15) is 19.3 Å². The van der Waals surface area contributed by atoms with E-state index in [1.807, 2.05) is 0 Å². The van der Waals surface area contributed by atoms with Gasteiger partial charge in [-0.1, -0.05) is 0 Å². The van der Waals surface area contributed by atoms with Crippen LogP contribution in [0.25, 0.3) is 0 Å². The fourth-order valence-corrected chi connectivity index (χ4v) is 3.01. The quantitative estimate of drug-likeness (QED) is 0.628. The first-order valence-corrected chi connectivity index (χ1v) is 6.22. The zero-order chi connectivity index (χ0) is 10.6. The van der Waals surface area contributed by atoms with Gasteiger partial charge in [0, 0.05) is 13.1 Å². The number of methoxy groups -OCH3 is 1. The lowest BCUT2D eigenvalue weighted by Crippen LogP contribution is -2.39. The molecule has 1 heterocycles. The molecule has 0 N–H and O–H groups in total. The van der Waals surface area contributed by atoms with Crippen molar-refractivity contribution in [2.24, 2.45) is 0 Å². The number of ether oxygens (including phenoxy) is 1. The zero-order valence-corrected chi connectivity index (χ0v) is 9.05. The van der Waals surface area contributed by atoms with E-state index in [2.05, 4.69) is 4.74 Å². The Hall–Kier alpha value is -0.620. The molecule has 6 heteroatoms. The van der Waals surface area contributed by atoms with Crippen LogP contribution in [0.4, 0.5) is 0 Å². The lowest BCUT2D eigenvalue weighted by atomic mass is 10.3. The maximum absolute atomic E-state index is 11.5. The number of carbonyl (C=O) groups excluding carboxylic acids is 1. The molecule has 1 rings (SSSR count). The fraction of sp³-hybridized carbons (Fsp3) is 0.875. The van der Waals surface area contributed by atoms with E-state index in [9.17, 15) is 13.2 Å². The molecule has 0 amide bonds. The number of carbonyl (C=O) groups is 1. The van der Waals surface area contributed by atoms with E-state index >= 15 is 0 Å². The van der Waals surface area contributed by atoms with E-state index in [0.29, 0.717) is 6.54 Å². The Labute approximate surface area is 84.1 Å². The summed E-state index contributed by atoms with van der Waals surface area (Å²) < 4.78 is 28.7. The standard InChI is InChI=1S/C8H15NO4S/c1-13-8(10)4-6-9-5-2-3-7-14(9,11)12/h2-7H2,1H3. The number of sulfonamides is 1. The van der Waals surface area contributed by atoms with Gasteiger partial charge in [-0.15, -0.1) is 0 Å². The number of hydrogen-bond acceptors (Lipinski definition) is 4. The van der Waals surface area contributed by atoms with Gasteiger partial charge >= 0.3 is 5.97 Å². The average Bonchev–Trinajstić information content (AvgIpc) is 2.15. The van der Waals surface area contributed by atoms with Gasteiger partial charge in [-0.3, -0.25) is 4.79 Å². The van der Waals surface area contributed by atoms with Crippen LogP contribution in [0.2, 0.25) is 0 Å². The third-order valence-corrected chi connectivity index (χ3v) is 4.20. The van der Waals surface area contributed by atoms with Gasteiger partial charge in [-0.2, -0.15) is 0 Å². The highest BCUT2D eigenvalue weighted by Gasteiger charge is 2.25. The number of esters is 1. The van der Waals surface area contributed by atoms with E-state index in [1.54, 1.807) is 0 Å². The first-order chi connectivity index (χ1) is 6.56. The second kappa shape index (κ2) is 4.75. The molecule has 0 aliphatic carbocycles. The molecule has 0 radical (unpaired) electrons. The van der Waals surface area contributed by atoms with Crippen molar-refractivity contribution < 1.29 is 17.9 Å². The maximum Gasteiger partial charge on any atom is 0.306 e. The van der Waals surface area contributed by atoms with Gasteiger partial charge in [0.25, 0.3) is 0 Å². The summed E-state index contributed by atoms with van der Waals surface area (Å²) in [5.41, 5.74) is 0. The Bertz CT molecular complexity index is 298. The van der Waals surface area contributed by atoms with Gasteiger partial charge in [0.15, 0.2) is 0 Å². The van der Waals surface area contributed by atoms with Crippen LogP contribution in [0.3, 0.4) is 0 Å². The molecule has 1 aliphatic rings. The molecule has 0 atom stereocenters. The smallest absolute Gasteiger partial charge is 0.306 e. The lowest BCUT2D eigenvalue weighted by Gasteiger charge is -2.25. The van der Waals surface area contributed by atoms with E-state index in [-0.39, 0.29) is 24.7 Å². The minimum atomic E-state index is -3.10. The van der Waals surface area contributed by atoms with Crippen molar-refractivity contribution in [2.45, 2.75) is 19.3 Å². The van der Waals surface area contributed by atoms with Crippen molar-refractivity contribution in [2.75, 3.05) is 26.0 Å². The van der Waals surface area contributed by atoms with Gasteiger partial charge in [0.05, 0.1) is 19.3 Å². The summed E-state index contributed by atoms with van der Waals surface area (Å²) in [5, 5.41) is 0. The fourth-order valence-electron chi connectivity index (χ4n) is 1.41. The highest BCUT2D eigenvalue weighted by molar-refractivity contribution is 7.89. The monoisotopic (exact) mass is 221 g/mol. The van der Waals surface area contributed by atoms with Gasteiger partial charge in [0.2, 0.25) is 10.0 Å². The number of rotatable bonds is 3. The summed E-state index contributed by atoms with van der Waals surface area (Å²) in [4.78, 5) is 10.8. The lowest BCUT2D eigenvalue weighted by molar-refractivity contribution is -0.140. The van der Waals surface area contributed by atoms with Crippen LogP contribution >= 0.6 is 0 Å². The van der Waals surface area contributed by atoms with E-state index in [4.69, 9.17) is 0 Å². The van der Waals surface area contributed by atoms with Crippen LogP contribution in [0.15, 0.2) is 0 Å². The maximum atomic E-state index is 11.5. The third-order valence-electron chi connectivity index (χ3n) is 2.25. The van der Waals surface area contributed by atoms with E-state index < -0.39 is 10.0 Å². The topological polar surface area (TPSA) is 63.7 Å². The summed E-state index contributed by atoms with van der Waals surface area (Å²) in [6.07, 6.45) is 1.73. The molecular weight excluding hydrogens is 206 g/mol. The summed E-state index contributed by atoms with van der Waals surface area (Å²) in [5.74, 6) is -0.167. The van der Waals surface area contributed by atoms with Crippen LogP contribution in [0.5, 0.6) is 0 Å². The molecule has 1 fully saturated rings. The van der Waals surface area contributed by atoms with Crippen molar-refractivity contribution >= 4 is 16.0 Å². The predicted octanol–water partition coefficient (Wildman–Crippen LogP) is -0.0249. The molecule has 0 unspecified atom stereocenters. The summed E-state index contributed by atoms with van der Waals surface area (Å²) in [7, 11) is -1.80. The summed E-state index contributed by atoms with van der Waals surface area (Å²) in [6, 6.07) is 0. The second-order valence-corrected chi connectivity index (χ2v) is 5.34. The molecule has 5 nitrogen and oxygen atoms in total. The molecule has 82 valence electrons. The average molecular weight is 221 g/mol. The van der Waals surface area contributed by atoms with E-state index in [0.717, 1.165) is 12.8 Å². The van der Waals surface area contributed by atoms with E-state index in [1.165, 1.54) is 11.4 Å². The second-order valence-electron chi connectivity index (χ2n) is 3.25. The molecular formula is C8H15NO4S. The Kier molecular flexibility index (Phi) is 3.88. The van der Waals surface area contributed by atoms with Crippen LogP contribution < -0.4 is 0 Å². The molecule has 0 saturated carbocycles. The molecule has 0 aromatic heterocycles. The molecule has 0 aromatic carbocycles. The van der Waals surface area contributed by atoms with Crippen molar-refractivity contribution in [3.63, 3.8) is 0 Å². The van der Waals surface area contributed by atoms with Crippen LogP contribution in [0, 0.1) is 0 Å². The van der Waals surface area contributed by atoms with Crippen molar-refractivity contribution in [3.8, 4) is 0 Å². The molecule has 0 aromatic rings. The Morgan fingerprint density at radius 2 is 2.14 bits per heavy atom. The molecule has 1 aliphatic heterocycles. The Morgan fingerprint density at radius 1 is 1.43 bits per heavy atom. The molecule has 14 heavy (non-hydrogen) atoms.